The van der Waals surface area contributed by atoms with Crippen molar-refractivity contribution in [3.8, 4) is 0 Å². The van der Waals surface area contributed by atoms with Crippen LogP contribution < -0.4 is 0 Å². The molecule has 0 bridgehead atoms. The van der Waals surface area contributed by atoms with Gasteiger partial charge in [-0.3, -0.25) is 9.59 Å². The number of ether oxygens (including phenoxy) is 1. The van der Waals surface area contributed by atoms with Gasteiger partial charge in [-0.1, -0.05) is 12.8 Å². The normalized spacial score (nSPS) is 23.1. The Balaban J connectivity index is 2.00. The van der Waals surface area contributed by atoms with Crippen LogP contribution >= 0.6 is 0 Å². The highest BCUT2D eigenvalue weighted by Gasteiger charge is 2.42. The number of carbonyl (C=O) groups excluding carboxylic acids is 2. The summed E-state index contributed by atoms with van der Waals surface area (Å²) in [7, 11) is 0. The molecule has 2 fully saturated rings. The summed E-state index contributed by atoms with van der Waals surface area (Å²) in [5.74, 6) is -0.139. The Morgan fingerprint density at radius 1 is 1.19 bits per heavy atom. The zero-order valence-corrected chi connectivity index (χ0v) is 9.91. The number of carbonyl (C=O) groups is 2. The quantitative estimate of drug-likeness (QED) is 0.531. The summed E-state index contributed by atoms with van der Waals surface area (Å²) in [6.07, 6.45) is 6.27. The molecule has 0 N–H and O–H groups in total. The Morgan fingerprint density at radius 2 is 1.81 bits per heavy atom. The summed E-state index contributed by atoms with van der Waals surface area (Å²) >= 11 is 0. The molecule has 0 heterocycles. The number of rotatable bonds is 5. The Hall–Kier alpha value is -0.860. The third kappa shape index (κ3) is 2.13. The van der Waals surface area contributed by atoms with Gasteiger partial charge in [0.1, 0.15) is 11.7 Å². The lowest BCUT2D eigenvalue weighted by molar-refractivity contribution is -0.157. The molecule has 2 aliphatic carbocycles. The van der Waals surface area contributed by atoms with Crippen LogP contribution in [0, 0.1) is 17.8 Å². The molecule has 2 rings (SSSR count). The van der Waals surface area contributed by atoms with Gasteiger partial charge in [-0.15, -0.1) is 0 Å². The van der Waals surface area contributed by atoms with E-state index >= 15 is 0 Å². The minimum absolute atomic E-state index is 0.148. The molecule has 90 valence electrons. The molecule has 0 aromatic carbocycles. The molecule has 2 saturated carbocycles. The number of hydrogen-bond acceptors (Lipinski definition) is 3. The minimum atomic E-state index is -0.445. The highest BCUT2D eigenvalue weighted by Crippen LogP contribution is 2.39. The van der Waals surface area contributed by atoms with Crippen molar-refractivity contribution >= 4 is 11.8 Å². The average Bonchev–Trinajstić information content (AvgIpc) is 2.07. The maximum Gasteiger partial charge on any atom is 0.316 e. The van der Waals surface area contributed by atoms with Gasteiger partial charge >= 0.3 is 5.97 Å². The summed E-state index contributed by atoms with van der Waals surface area (Å²) in [4.78, 5) is 24.0. The Bertz CT molecular complexity index is 277. The molecule has 3 nitrogen and oxygen atoms in total. The van der Waals surface area contributed by atoms with Gasteiger partial charge < -0.3 is 4.74 Å². The van der Waals surface area contributed by atoms with Crippen molar-refractivity contribution in [1.82, 2.24) is 0 Å². The summed E-state index contributed by atoms with van der Waals surface area (Å²) in [6, 6.07) is 0. The van der Waals surface area contributed by atoms with Crippen LogP contribution in [-0.2, 0) is 14.3 Å². The maximum absolute atomic E-state index is 12.2. The molecule has 2 aliphatic rings. The first-order valence-corrected chi connectivity index (χ1v) is 6.44. The van der Waals surface area contributed by atoms with E-state index in [9.17, 15) is 9.59 Å². The van der Waals surface area contributed by atoms with Crippen LogP contribution in [0.5, 0.6) is 0 Å². The standard InChI is InChI=1S/C13H20O3/c1-2-16-13(15)11(9-5-3-6-9)12(14)10-7-4-8-10/h9-11H,2-8H2,1H3. The summed E-state index contributed by atoms with van der Waals surface area (Å²) < 4.78 is 5.04. The van der Waals surface area contributed by atoms with Crippen molar-refractivity contribution in [3.63, 3.8) is 0 Å². The second-order valence-electron chi connectivity index (χ2n) is 4.95. The van der Waals surface area contributed by atoms with Crippen molar-refractivity contribution in [2.45, 2.75) is 45.4 Å². The molecular formula is C13H20O3. The SMILES string of the molecule is CCOC(=O)C(C(=O)C1CCC1)C1CCC1. The van der Waals surface area contributed by atoms with Gasteiger partial charge in [0, 0.05) is 5.92 Å². The third-order valence-electron chi connectivity index (χ3n) is 3.98. The van der Waals surface area contributed by atoms with Crippen LogP contribution in [0.4, 0.5) is 0 Å². The monoisotopic (exact) mass is 224 g/mol. The number of Topliss-reactive ketones (excluding diaryl/α,β-unsaturated/α-hetero) is 1. The lowest BCUT2D eigenvalue weighted by Gasteiger charge is -2.35. The van der Waals surface area contributed by atoms with Gasteiger partial charge in [0.2, 0.25) is 0 Å². The Morgan fingerprint density at radius 3 is 2.19 bits per heavy atom. The first-order chi connectivity index (χ1) is 7.74. The van der Waals surface area contributed by atoms with Gasteiger partial charge in [0.15, 0.2) is 0 Å². The number of hydrogen-bond donors (Lipinski definition) is 0. The van der Waals surface area contributed by atoms with E-state index in [-0.39, 0.29) is 23.6 Å². The van der Waals surface area contributed by atoms with Gasteiger partial charge in [0.25, 0.3) is 0 Å². The van der Waals surface area contributed by atoms with Crippen molar-refractivity contribution in [1.29, 1.82) is 0 Å². The van der Waals surface area contributed by atoms with E-state index in [4.69, 9.17) is 4.74 Å². The number of esters is 1. The summed E-state index contributed by atoms with van der Waals surface area (Å²) in [6.45, 7) is 2.17. The summed E-state index contributed by atoms with van der Waals surface area (Å²) in [5, 5.41) is 0. The molecule has 0 aromatic rings. The van der Waals surface area contributed by atoms with Crippen molar-refractivity contribution < 1.29 is 14.3 Å². The fraction of sp³-hybridized carbons (Fsp3) is 0.846. The fourth-order valence-corrected chi connectivity index (χ4v) is 2.49. The maximum atomic E-state index is 12.2. The molecule has 0 aromatic heterocycles. The first-order valence-electron chi connectivity index (χ1n) is 6.44. The molecule has 1 unspecified atom stereocenters. The Labute approximate surface area is 96.5 Å². The van der Waals surface area contributed by atoms with Crippen LogP contribution in [-0.4, -0.2) is 18.4 Å². The summed E-state index contributed by atoms with van der Waals surface area (Å²) in [5.41, 5.74) is 0. The molecule has 0 spiro atoms. The smallest absolute Gasteiger partial charge is 0.316 e. The molecule has 0 aliphatic heterocycles. The van der Waals surface area contributed by atoms with E-state index < -0.39 is 5.92 Å². The molecule has 0 saturated heterocycles. The van der Waals surface area contributed by atoms with Crippen LogP contribution in [0.3, 0.4) is 0 Å². The van der Waals surface area contributed by atoms with Gasteiger partial charge in [-0.2, -0.15) is 0 Å². The minimum Gasteiger partial charge on any atom is -0.465 e. The predicted octanol–water partition coefficient (Wildman–Crippen LogP) is 2.33. The van der Waals surface area contributed by atoms with Crippen LogP contribution in [0.2, 0.25) is 0 Å². The Kier molecular flexibility index (Phi) is 3.62. The van der Waals surface area contributed by atoms with E-state index in [0.717, 1.165) is 38.5 Å². The fourth-order valence-electron chi connectivity index (χ4n) is 2.49. The largest absolute Gasteiger partial charge is 0.465 e. The molecule has 16 heavy (non-hydrogen) atoms. The molecule has 3 heteroatoms. The second-order valence-corrected chi connectivity index (χ2v) is 4.95. The molecule has 0 amide bonds. The van der Waals surface area contributed by atoms with Crippen LogP contribution in [0.1, 0.15) is 45.4 Å². The van der Waals surface area contributed by atoms with E-state index in [1.165, 1.54) is 0 Å². The zero-order valence-electron chi connectivity index (χ0n) is 9.91. The first kappa shape index (κ1) is 11.6. The van der Waals surface area contributed by atoms with Gasteiger partial charge in [-0.05, 0) is 38.5 Å². The zero-order chi connectivity index (χ0) is 11.5. The van der Waals surface area contributed by atoms with Crippen molar-refractivity contribution in [2.24, 2.45) is 17.8 Å². The van der Waals surface area contributed by atoms with Crippen molar-refractivity contribution in [2.75, 3.05) is 6.61 Å². The number of ketones is 1. The highest BCUT2D eigenvalue weighted by atomic mass is 16.5. The van der Waals surface area contributed by atoms with E-state index in [1.54, 1.807) is 6.92 Å². The van der Waals surface area contributed by atoms with E-state index in [0.29, 0.717) is 6.61 Å². The van der Waals surface area contributed by atoms with Crippen molar-refractivity contribution in [3.05, 3.63) is 0 Å². The predicted molar refractivity (Wildman–Crippen MR) is 59.8 cm³/mol. The van der Waals surface area contributed by atoms with Gasteiger partial charge in [-0.25, -0.2) is 0 Å². The third-order valence-corrected chi connectivity index (χ3v) is 3.98. The van der Waals surface area contributed by atoms with Gasteiger partial charge in [0.05, 0.1) is 6.61 Å². The lowest BCUT2D eigenvalue weighted by atomic mass is 9.68. The topological polar surface area (TPSA) is 43.4 Å². The molecular weight excluding hydrogens is 204 g/mol. The molecule has 1 atom stereocenters. The highest BCUT2D eigenvalue weighted by molar-refractivity contribution is 6.00. The lowest BCUT2D eigenvalue weighted by Crippen LogP contribution is -2.41. The van der Waals surface area contributed by atoms with E-state index in [2.05, 4.69) is 0 Å². The molecule has 0 radical (unpaired) electrons. The van der Waals surface area contributed by atoms with Crippen LogP contribution in [0.15, 0.2) is 0 Å². The van der Waals surface area contributed by atoms with E-state index in [1.807, 2.05) is 0 Å². The average molecular weight is 224 g/mol. The van der Waals surface area contributed by atoms with Crippen LogP contribution in [0.25, 0.3) is 0 Å². The second kappa shape index (κ2) is 4.98.